The van der Waals surface area contributed by atoms with Crippen molar-refractivity contribution >= 4 is 6.15 Å². The third kappa shape index (κ3) is 6.73. The lowest BCUT2D eigenvalue weighted by molar-refractivity contribution is -0.274. The number of ether oxygens (including phenoxy) is 2. The van der Waals surface area contributed by atoms with E-state index in [4.69, 9.17) is 14.3 Å². The first kappa shape index (κ1) is 16.2. The van der Waals surface area contributed by atoms with Crippen LogP contribution in [0.3, 0.4) is 0 Å². The van der Waals surface area contributed by atoms with Crippen molar-refractivity contribution in [3.63, 3.8) is 0 Å². The van der Waals surface area contributed by atoms with E-state index in [-0.39, 0.29) is 18.5 Å². The number of alkyl halides is 3. The largest absolute Gasteiger partial charge is 0.573 e. The molecular weight excluding hydrogens is 295 g/mol. The summed E-state index contributed by atoms with van der Waals surface area (Å²) in [7, 11) is 0. The van der Waals surface area contributed by atoms with Crippen LogP contribution in [0.1, 0.15) is 5.56 Å². The minimum absolute atomic E-state index is 0.179. The monoisotopic (exact) mass is 303 g/mol. The molecule has 1 heterocycles. The number of halogens is 3. The van der Waals surface area contributed by atoms with E-state index in [0.717, 1.165) is 0 Å². The number of H-pyrrole nitrogens is 1. The highest BCUT2D eigenvalue weighted by atomic mass is 19.4. The third-order valence-electron chi connectivity index (χ3n) is 1.94. The summed E-state index contributed by atoms with van der Waals surface area (Å²) in [5, 5.41) is 9.58. The normalized spacial score (nSPS) is 10.0. The van der Waals surface area contributed by atoms with Crippen LogP contribution in [0.2, 0.25) is 0 Å². The Hall–Kier alpha value is -2.87. The van der Waals surface area contributed by atoms with Crippen molar-refractivity contribution in [1.29, 1.82) is 0 Å². The summed E-state index contributed by atoms with van der Waals surface area (Å²) < 4.78 is 44.7. The zero-order chi connectivity index (χ0) is 15.7. The predicted molar refractivity (Wildman–Crippen MR) is 58.8 cm³/mol. The van der Waals surface area contributed by atoms with Crippen LogP contribution in [0, 0.1) is 0 Å². The molecule has 0 amide bonds. The first-order valence-corrected chi connectivity index (χ1v) is 5.27. The topological polar surface area (TPSA) is 94.2 Å². The minimum Gasteiger partial charge on any atom is -0.471 e. The maximum absolute atomic E-state index is 11.9. The first-order valence-electron chi connectivity index (χ1n) is 5.27. The van der Waals surface area contributed by atoms with Crippen molar-refractivity contribution in [3.8, 4) is 11.6 Å². The molecule has 2 aromatic rings. The number of benzene rings is 1. The van der Waals surface area contributed by atoms with Crippen molar-refractivity contribution in [1.82, 2.24) is 15.4 Å². The van der Waals surface area contributed by atoms with Gasteiger partial charge in [0.15, 0.2) is 0 Å². The Labute approximate surface area is 115 Å². The van der Waals surface area contributed by atoms with Gasteiger partial charge in [-0.1, -0.05) is 12.1 Å². The summed E-state index contributed by atoms with van der Waals surface area (Å²) in [6.45, 7) is 0.179. The van der Waals surface area contributed by atoms with E-state index >= 15 is 0 Å². The highest BCUT2D eigenvalue weighted by molar-refractivity contribution is 5.27. The molecule has 0 aliphatic carbocycles. The van der Waals surface area contributed by atoms with E-state index in [0.29, 0.717) is 11.4 Å². The number of carbonyl (C=O) groups excluding carboxylic acids is 2. The van der Waals surface area contributed by atoms with Crippen molar-refractivity contribution < 1.29 is 32.2 Å². The molecule has 1 aromatic heterocycles. The molecule has 0 aliphatic rings. The fourth-order valence-corrected chi connectivity index (χ4v) is 1.21. The Balaban J connectivity index is 0.000000677. The number of hydrogen-bond donors (Lipinski definition) is 1. The summed E-state index contributed by atoms with van der Waals surface area (Å²) in [4.78, 5) is 16.2. The third-order valence-corrected chi connectivity index (χ3v) is 1.94. The lowest BCUT2D eigenvalue weighted by Gasteiger charge is -2.09. The average molecular weight is 303 g/mol. The van der Waals surface area contributed by atoms with Crippen molar-refractivity contribution in [2.45, 2.75) is 13.0 Å². The molecule has 0 radical (unpaired) electrons. The summed E-state index contributed by atoms with van der Waals surface area (Å²) in [5.74, 6) is 0.0401. The van der Waals surface area contributed by atoms with Gasteiger partial charge in [0.25, 0.3) is 5.88 Å². The molecule has 0 bridgehead atoms. The van der Waals surface area contributed by atoms with Gasteiger partial charge in [0, 0.05) is 0 Å². The van der Waals surface area contributed by atoms with E-state index in [1.807, 2.05) is 0 Å². The van der Waals surface area contributed by atoms with E-state index in [1.165, 1.54) is 30.5 Å². The van der Waals surface area contributed by atoms with E-state index < -0.39 is 6.36 Å². The van der Waals surface area contributed by atoms with Crippen LogP contribution in [0.5, 0.6) is 11.6 Å². The average Bonchev–Trinajstić information content (AvgIpc) is 2.90. The second-order valence-corrected chi connectivity index (χ2v) is 3.37. The zero-order valence-electron chi connectivity index (χ0n) is 10.3. The lowest BCUT2D eigenvalue weighted by Crippen LogP contribution is -2.17. The number of aromatic nitrogens is 3. The molecule has 2 rings (SSSR count). The van der Waals surface area contributed by atoms with Crippen LogP contribution in [0.4, 0.5) is 13.2 Å². The van der Waals surface area contributed by atoms with Crippen molar-refractivity contribution in [2.75, 3.05) is 0 Å². The van der Waals surface area contributed by atoms with Gasteiger partial charge in [0.05, 0.1) is 0 Å². The zero-order valence-corrected chi connectivity index (χ0v) is 10.3. The second kappa shape index (κ2) is 7.65. The quantitative estimate of drug-likeness (QED) is 0.923. The second-order valence-electron chi connectivity index (χ2n) is 3.37. The fraction of sp³-hybridized carbons (Fsp3) is 0.182. The number of aromatic amines is 1. The molecule has 1 N–H and O–H groups in total. The molecule has 0 aliphatic heterocycles. The molecule has 21 heavy (non-hydrogen) atoms. The Morgan fingerprint density at radius 3 is 2.29 bits per heavy atom. The summed E-state index contributed by atoms with van der Waals surface area (Å²) in [6.07, 6.45) is -3.04. The van der Waals surface area contributed by atoms with Crippen molar-refractivity contribution in [3.05, 3.63) is 36.0 Å². The fourth-order valence-electron chi connectivity index (χ4n) is 1.21. The van der Waals surface area contributed by atoms with Gasteiger partial charge in [0.1, 0.15) is 18.6 Å². The molecule has 0 spiro atoms. The van der Waals surface area contributed by atoms with Crippen LogP contribution < -0.4 is 9.47 Å². The van der Waals surface area contributed by atoms with Gasteiger partial charge in [-0.15, -0.1) is 18.3 Å². The van der Waals surface area contributed by atoms with Gasteiger partial charge < -0.3 is 9.47 Å². The highest BCUT2D eigenvalue weighted by Gasteiger charge is 2.30. The Kier molecular flexibility index (Phi) is 5.90. The van der Waals surface area contributed by atoms with E-state index in [9.17, 15) is 13.2 Å². The van der Waals surface area contributed by atoms with Gasteiger partial charge in [0.2, 0.25) is 0 Å². The molecule has 0 fully saturated rings. The van der Waals surface area contributed by atoms with Crippen LogP contribution in [-0.4, -0.2) is 27.9 Å². The predicted octanol–water partition coefficient (Wildman–Crippen LogP) is 1.70. The highest BCUT2D eigenvalue weighted by Crippen LogP contribution is 2.22. The molecule has 0 unspecified atom stereocenters. The van der Waals surface area contributed by atoms with Gasteiger partial charge in [-0.25, -0.2) is 0 Å². The Morgan fingerprint density at radius 2 is 1.81 bits per heavy atom. The van der Waals surface area contributed by atoms with E-state index in [1.54, 1.807) is 0 Å². The molecule has 7 nitrogen and oxygen atoms in total. The molecule has 0 saturated carbocycles. The molecule has 10 heteroatoms. The number of nitrogens with one attached hydrogen (secondary N) is 1. The molecule has 1 aromatic carbocycles. The summed E-state index contributed by atoms with van der Waals surface area (Å²) in [6, 6.07) is 5.38. The lowest BCUT2D eigenvalue weighted by atomic mass is 10.2. The Bertz CT molecular complexity index is 563. The van der Waals surface area contributed by atoms with Crippen molar-refractivity contribution in [2.24, 2.45) is 0 Å². The van der Waals surface area contributed by atoms with Crippen LogP contribution in [-0.2, 0) is 16.2 Å². The van der Waals surface area contributed by atoms with Crippen LogP contribution >= 0.6 is 0 Å². The Morgan fingerprint density at radius 1 is 1.19 bits per heavy atom. The van der Waals surface area contributed by atoms with Crippen LogP contribution in [0.15, 0.2) is 30.5 Å². The van der Waals surface area contributed by atoms with Gasteiger partial charge in [-0.3, -0.25) is 0 Å². The maximum atomic E-state index is 11.9. The number of rotatable bonds is 4. The van der Waals surface area contributed by atoms with Gasteiger partial charge >= 0.3 is 12.5 Å². The number of nitrogens with zero attached hydrogens (tertiary/aromatic N) is 2. The SMILES string of the molecule is FC(F)(F)Oc1ccc(COc2cn[nH]n2)cc1.O=C=O. The molecular formula is C11H8F3N3O4. The standard InChI is InChI=1S/C10H8F3N3O2.CO2/c11-10(12,13)18-8-3-1-7(2-4-8)6-17-9-5-14-16-15-9;2-1-3/h1-5H,6H2,(H,14,15,16);. The minimum atomic E-state index is -4.68. The van der Waals surface area contributed by atoms with Gasteiger partial charge in [-0.2, -0.15) is 19.9 Å². The van der Waals surface area contributed by atoms with E-state index in [2.05, 4.69) is 20.1 Å². The van der Waals surface area contributed by atoms with Gasteiger partial charge in [-0.05, 0) is 17.7 Å². The summed E-state index contributed by atoms with van der Waals surface area (Å²) >= 11 is 0. The summed E-state index contributed by atoms with van der Waals surface area (Å²) in [5.41, 5.74) is 0.688. The molecule has 0 saturated heterocycles. The smallest absolute Gasteiger partial charge is 0.471 e. The van der Waals surface area contributed by atoms with Crippen LogP contribution in [0.25, 0.3) is 0 Å². The molecule has 112 valence electrons. The first-order chi connectivity index (χ1) is 9.94. The maximum Gasteiger partial charge on any atom is 0.573 e. The number of hydrogen-bond acceptors (Lipinski definition) is 6. The molecule has 0 atom stereocenters.